The lowest BCUT2D eigenvalue weighted by Crippen LogP contribution is -2.35. The van der Waals surface area contributed by atoms with Crippen molar-refractivity contribution >= 4 is 12.0 Å². The first-order valence-electron chi connectivity index (χ1n) is 8.15. The topological polar surface area (TPSA) is 87.7 Å². The van der Waals surface area contributed by atoms with Crippen LogP contribution in [0.3, 0.4) is 0 Å². The van der Waals surface area contributed by atoms with Gasteiger partial charge in [-0.2, -0.15) is 0 Å². The zero-order valence-corrected chi connectivity index (χ0v) is 13.7. The molecule has 1 heterocycles. The number of fused-ring (bicyclic) bond motifs is 1. The number of carboxylic acid groups (broad SMARTS) is 1. The number of amides is 2. The number of hydrogen-bond acceptors (Lipinski definition) is 3. The van der Waals surface area contributed by atoms with E-state index in [0.29, 0.717) is 19.8 Å². The summed E-state index contributed by atoms with van der Waals surface area (Å²) in [5.41, 5.74) is 4.48. The van der Waals surface area contributed by atoms with Crippen LogP contribution in [0.4, 0.5) is 4.79 Å². The smallest absolute Gasteiger partial charge is 0.335 e. The highest BCUT2D eigenvalue weighted by atomic mass is 16.5. The number of carbonyl (C=O) groups excluding carboxylic acids is 1. The van der Waals surface area contributed by atoms with Crippen molar-refractivity contribution in [2.75, 3.05) is 6.61 Å². The molecule has 0 unspecified atom stereocenters. The second kappa shape index (κ2) is 7.81. The summed E-state index contributed by atoms with van der Waals surface area (Å²) in [6, 6.07) is 12.3. The molecule has 0 spiro atoms. The minimum atomic E-state index is -0.982. The van der Waals surface area contributed by atoms with E-state index < -0.39 is 5.97 Å². The molecule has 6 heteroatoms. The Morgan fingerprint density at radius 2 is 1.88 bits per heavy atom. The third-order valence-electron chi connectivity index (χ3n) is 4.19. The van der Waals surface area contributed by atoms with Crippen LogP contribution in [0.25, 0.3) is 0 Å². The Bertz CT molecular complexity index is 789. The molecular formula is C19H20N2O4. The van der Waals surface area contributed by atoms with E-state index in [-0.39, 0.29) is 18.1 Å². The number of aromatic carboxylic acids is 1. The highest BCUT2D eigenvalue weighted by molar-refractivity contribution is 5.87. The summed E-state index contributed by atoms with van der Waals surface area (Å²) in [4.78, 5) is 23.0. The zero-order chi connectivity index (χ0) is 17.6. The Balaban J connectivity index is 1.54. The van der Waals surface area contributed by atoms with Gasteiger partial charge in [-0.25, -0.2) is 9.59 Å². The van der Waals surface area contributed by atoms with Crippen molar-refractivity contribution in [3.05, 3.63) is 70.3 Å². The van der Waals surface area contributed by atoms with Crippen LogP contribution >= 0.6 is 0 Å². The van der Waals surface area contributed by atoms with E-state index in [2.05, 4.69) is 10.6 Å². The fourth-order valence-electron chi connectivity index (χ4n) is 2.90. The minimum absolute atomic E-state index is 0.206. The Labute approximate surface area is 145 Å². The van der Waals surface area contributed by atoms with Crippen LogP contribution in [0.1, 0.15) is 32.6 Å². The molecule has 2 aromatic carbocycles. The number of carboxylic acids is 1. The molecule has 3 N–H and O–H groups in total. The number of urea groups is 1. The molecule has 0 aromatic heterocycles. The highest BCUT2D eigenvalue weighted by Gasteiger charge is 2.13. The minimum Gasteiger partial charge on any atom is -0.478 e. The lowest BCUT2D eigenvalue weighted by molar-refractivity contribution is 0.0696. The van der Waals surface area contributed by atoms with Gasteiger partial charge in [-0.05, 0) is 40.8 Å². The molecule has 0 atom stereocenters. The predicted molar refractivity (Wildman–Crippen MR) is 92.3 cm³/mol. The quantitative estimate of drug-likeness (QED) is 0.780. The molecule has 0 aliphatic carbocycles. The number of hydrogen-bond donors (Lipinski definition) is 3. The maximum atomic E-state index is 12.0. The van der Waals surface area contributed by atoms with Gasteiger partial charge in [0.25, 0.3) is 0 Å². The largest absolute Gasteiger partial charge is 0.478 e. The third kappa shape index (κ3) is 4.36. The Kier molecular flexibility index (Phi) is 5.30. The van der Waals surface area contributed by atoms with Gasteiger partial charge >= 0.3 is 12.0 Å². The van der Waals surface area contributed by atoms with E-state index in [9.17, 15) is 9.59 Å². The van der Waals surface area contributed by atoms with Gasteiger partial charge in [0.15, 0.2) is 0 Å². The lowest BCUT2D eigenvalue weighted by atomic mass is 9.97. The summed E-state index contributed by atoms with van der Waals surface area (Å²) in [6.07, 6.45) is 0.858. The van der Waals surface area contributed by atoms with Crippen molar-refractivity contribution in [2.45, 2.75) is 26.1 Å². The number of benzene rings is 2. The van der Waals surface area contributed by atoms with Crippen molar-refractivity contribution in [3.63, 3.8) is 0 Å². The van der Waals surface area contributed by atoms with Crippen LogP contribution in [0, 0.1) is 0 Å². The number of nitrogens with one attached hydrogen (secondary N) is 2. The summed E-state index contributed by atoms with van der Waals surface area (Å²) >= 11 is 0. The number of rotatable bonds is 5. The molecule has 6 nitrogen and oxygen atoms in total. The second-order valence-electron chi connectivity index (χ2n) is 5.90. The second-order valence-corrected chi connectivity index (χ2v) is 5.90. The monoisotopic (exact) mass is 340 g/mol. The van der Waals surface area contributed by atoms with E-state index >= 15 is 0 Å². The normalized spacial score (nSPS) is 13.0. The molecule has 0 saturated heterocycles. The average Bonchev–Trinajstić information content (AvgIpc) is 2.65. The zero-order valence-electron chi connectivity index (χ0n) is 13.7. The van der Waals surface area contributed by atoms with Gasteiger partial charge in [0.1, 0.15) is 0 Å². The Morgan fingerprint density at radius 3 is 2.72 bits per heavy atom. The fraction of sp³-hybridized carbons (Fsp3) is 0.263. The summed E-state index contributed by atoms with van der Waals surface area (Å²) in [5.74, 6) is -0.982. The van der Waals surface area contributed by atoms with E-state index in [1.165, 1.54) is 17.2 Å². The maximum Gasteiger partial charge on any atom is 0.335 e. The molecule has 25 heavy (non-hydrogen) atoms. The van der Waals surface area contributed by atoms with E-state index in [0.717, 1.165) is 17.5 Å². The summed E-state index contributed by atoms with van der Waals surface area (Å²) in [6.45, 7) is 2.04. The molecule has 1 aliphatic rings. The van der Waals surface area contributed by atoms with Gasteiger partial charge in [-0.3, -0.25) is 0 Å². The average molecular weight is 340 g/mol. The van der Waals surface area contributed by atoms with Crippen molar-refractivity contribution in [2.24, 2.45) is 0 Å². The summed E-state index contributed by atoms with van der Waals surface area (Å²) in [7, 11) is 0. The van der Waals surface area contributed by atoms with E-state index in [4.69, 9.17) is 9.84 Å². The molecule has 0 fully saturated rings. The van der Waals surface area contributed by atoms with E-state index in [1.54, 1.807) is 18.2 Å². The van der Waals surface area contributed by atoms with Gasteiger partial charge in [-0.1, -0.05) is 30.3 Å². The molecule has 3 rings (SSSR count). The van der Waals surface area contributed by atoms with Crippen molar-refractivity contribution < 1.29 is 19.4 Å². The van der Waals surface area contributed by atoms with Gasteiger partial charge in [0.2, 0.25) is 0 Å². The van der Waals surface area contributed by atoms with Crippen molar-refractivity contribution in [1.82, 2.24) is 10.6 Å². The summed E-state index contributed by atoms with van der Waals surface area (Å²) < 4.78 is 5.45. The van der Waals surface area contributed by atoms with Crippen LogP contribution in [0.15, 0.2) is 42.5 Å². The number of ether oxygens (including phenoxy) is 1. The lowest BCUT2D eigenvalue weighted by Gasteiger charge is -2.20. The molecule has 0 bridgehead atoms. The molecule has 2 amide bonds. The van der Waals surface area contributed by atoms with Crippen LogP contribution in [-0.4, -0.2) is 23.7 Å². The predicted octanol–water partition coefficient (Wildman–Crippen LogP) is 2.46. The van der Waals surface area contributed by atoms with Crippen LogP contribution < -0.4 is 10.6 Å². The van der Waals surface area contributed by atoms with E-state index in [1.807, 2.05) is 18.2 Å². The van der Waals surface area contributed by atoms with Gasteiger partial charge in [0.05, 0.1) is 18.8 Å². The van der Waals surface area contributed by atoms with Crippen LogP contribution in [-0.2, 0) is 30.9 Å². The van der Waals surface area contributed by atoms with Crippen LogP contribution in [0.2, 0.25) is 0 Å². The first kappa shape index (κ1) is 17.0. The first-order chi connectivity index (χ1) is 12.1. The standard InChI is InChI=1S/C19H20N2O4/c22-18(23)14-4-1-3-13(9-14)10-20-19(24)21-11-15-5-2-6-16-12-25-8-7-17(15)16/h1-6,9H,7-8,10-12H2,(H,22,23)(H2,20,21,24). The van der Waals surface area contributed by atoms with Crippen LogP contribution in [0.5, 0.6) is 0 Å². The molecule has 130 valence electrons. The van der Waals surface area contributed by atoms with Crippen molar-refractivity contribution in [1.29, 1.82) is 0 Å². The third-order valence-corrected chi connectivity index (χ3v) is 4.19. The fourth-order valence-corrected chi connectivity index (χ4v) is 2.90. The van der Waals surface area contributed by atoms with Gasteiger partial charge in [0, 0.05) is 13.1 Å². The van der Waals surface area contributed by atoms with Gasteiger partial charge in [-0.15, -0.1) is 0 Å². The van der Waals surface area contributed by atoms with Gasteiger partial charge < -0.3 is 20.5 Å². The highest BCUT2D eigenvalue weighted by Crippen LogP contribution is 2.20. The molecule has 2 aromatic rings. The Hall–Kier alpha value is -2.86. The SMILES string of the molecule is O=C(NCc1cccc(C(=O)O)c1)NCc1cccc2c1CCOC2. The van der Waals surface area contributed by atoms with Crippen molar-refractivity contribution in [3.8, 4) is 0 Å². The molecule has 0 radical (unpaired) electrons. The molecule has 1 aliphatic heterocycles. The number of carbonyl (C=O) groups is 2. The maximum absolute atomic E-state index is 12.0. The molecular weight excluding hydrogens is 320 g/mol. The summed E-state index contributed by atoms with van der Waals surface area (Å²) in [5, 5.41) is 14.6. The molecule has 0 saturated carbocycles. The Morgan fingerprint density at radius 1 is 1.08 bits per heavy atom. The first-order valence-corrected chi connectivity index (χ1v) is 8.15.